The van der Waals surface area contributed by atoms with Crippen LogP contribution in [-0.2, 0) is 4.74 Å². The molecule has 0 saturated carbocycles. The zero-order valence-corrected chi connectivity index (χ0v) is 10.5. The second-order valence-electron chi connectivity index (χ2n) is 4.56. The highest BCUT2D eigenvalue weighted by atomic mass is 16.5. The molecule has 0 aliphatic carbocycles. The number of hydrogen-bond acceptors (Lipinski definition) is 4. The Kier molecular flexibility index (Phi) is 3.30. The van der Waals surface area contributed by atoms with Crippen molar-refractivity contribution in [2.45, 2.75) is 18.9 Å². The molecule has 96 valence electrons. The average molecular weight is 254 g/mol. The largest absolute Gasteiger partial charge is 0.488 e. The van der Waals surface area contributed by atoms with Gasteiger partial charge in [-0.15, -0.1) is 0 Å². The fourth-order valence-electron chi connectivity index (χ4n) is 2.28. The molecule has 0 atom stereocenters. The summed E-state index contributed by atoms with van der Waals surface area (Å²) in [6.45, 7) is 1.44. The van der Waals surface area contributed by atoms with E-state index in [0.29, 0.717) is 11.3 Å². The number of para-hydroxylation sites is 1. The van der Waals surface area contributed by atoms with Crippen LogP contribution in [0.25, 0.3) is 10.9 Å². The van der Waals surface area contributed by atoms with Crippen molar-refractivity contribution in [2.24, 2.45) is 0 Å². The van der Waals surface area contributed by atoms with Crippen molar-refractivity contribution in [1.82, 2.24) is 4.98 Å². The van der Waals surface area contributed by atoms with Crippen LogP contribution in [0.2, 0.25) is 0 Å². The molecule has 1 aliphatic rings. The molecule has 0 radical (unpaired) electrons. The summed E-state index contributed by atoms with van der Waals surface area (Å²) in [4.78, 5) is 4.28. The molecule has 3 rings (SSSR count). The van der Waals surface area contributed by atoms with E-state index < -0.39 is 0 Å². The van der Waals surface area contributed by atoms with Crippen LogP contribution in [0.4, 0.5) is 0 Å². The monoisotopic (exact) mass is 254 g/mol. The number of pyridine rings is 1. The first kappa shape index (κ1) is 11.9. The van der Waals surface area contributed by atoms with Crippen molar-refractivity contribution in [3.8, 4) is 11.8 Å². The Bertz CT molecular complexity index is 628. The minimum absolute atomic E-state index is 0.117. The van der Waals surface area contributed by atoms with E-state index in [1.54, 1.807) is 6.20 Å². The van der Waals surface area contributed by atoms with E-state index in [-0.39, 0.29) is 6.10 Å². The van der Waals surface area contributed by atoms with E-state index in [9.17, 15) is 5.26 Å². The molecule has 1 saturated heterocycles. The van der Waals surface area contributed by atoms with Crippen molar-refractivity contribution < 1.29 is 9.47 Å². The summed E-state index contributed by atoms with van der Waals surface area (Å²) < 4.78 is 11.4. The molecular weight excluding hydrogens is 240 g/mol. The molecule has 0 spiro atoms. The molecule has 2 aromatic rings. The van der Waals surface area contributed by atoms with Crippen molar-refractivity contribution in [1.29, 1.82) is 5.26 Å². The number of fused-ring (bicyclic) bond motifs is 1. The van der Waals surface area contributed by atoms with E-state index in [1.807, 2.05) is 24.3 Å². The predicted octanol–water partition coefficient (Wildman–Crippen LogP) is 2.66. The molecule has 0 amide bonds. The van der Waals surface area contributed by atoms with Gasteiger partial charge in [-0.05, 0) is 12.1 Å². The quantitative estimate of drug-likeness (QED) is 0.826. The number of nitriles is 1. The Balaban J connectivity index is 2.02. The lowest BCUT2D eigenvalue weighted by molar-refractivity contribution is 0.0260. The Morgan fingerprint density at radius 1 is 1.26 bits per heavy atom. The summed E-state index contributed by atoms with van der Waals surface area (Å²) in [6, 6.07) is 9.89. The Labute approximate surface area is 111 Å². The summed E-state index contributed by atoms with van der Waals surface area (Å²) in [7, 11) is 0. The third kappa shape index (κ3) is 2.38. The van der Waals surface area contributed by atoms with Crippen molar-refractivity contribution in [3.05, 3.63) is 36.0 Å². The number of ether oxygens (including phenoxy) is 2. The Morgan fingerprint density at radius 3 is 2.84 bits per heavy atom. The molecule has 19 heavy (non-hydrogen) atoms. The van der Waals surface area contributed by atoms with Gasteiger partial charge in [0, 0.05) is 24.4 Å². The first-order chi connectivity index (χ1) is 9.38. The van der Waals surface area contributed by atoms with Crippen LogP contribution in [-0.4, -0.2) is 24.3 Å². The van der Waals surface area contributed by atoms with Crippen LogP contribution in [0.15, 0.2) is 30.5 Å². The average Bonchev–Trinajstić information content (AvgIpc) is 2.49. The third-order valence-corrected chi connectivity index (χ3v) is 3.30. The molecule has 4 heteroatoms. The fraction of sp³-hybridized carbons (Fsp3) is 0.333. The van der Waals surface area contributed by atoms with Gasteiger partial charge in [0.1, 0.15) is 23.5 Å². The molecule has 1 aromatic carbocycles. The van der Waals surface area contributed by atoms with Gasteiger partial charge in [-0.1, -0.05) is 12.1 Å². The van der Waals surface area contributed by atoms with E-state index in [0.717, 1.165) is 37.0 Å². The normalized spacial score (nSPS) is 16.2. The van der Waals surface area contributed by atoms with Crippen molar-refractivity contribution in [3.63, 3.8) is 0 Å². The van der Waals surface area contributed by atoms with Gasteiger partial charge in [0.2, 0.25) is 0 Å². The van der Waals surface area contributed by atoms with Gasteiger partial charge in [0.25, 0.3) is 0 Å². The lowest BCUT2D eigenvalue weighted by Gasteiger charge is -2.24. The SMILES string of the molecule is N#Cc1cnc2ccccc2c1OC1CCOCC1. The van der Waals surface area contributed by atoms with Crippen LogP contribution in [0.3, 0.4) is 0 Å². The lowest BCUT2D eigenvalue weighted by Crippen LogP contribution is -2.26. The van der Waals surface area contributed by atoms with Gasteiger partial charge in [0.15, 0.2) is 0 Å². The van der Waals surface area contributed by atoms with E-state index in [2.05, 4.69) is 11.1 Å². The van der Waals surface area contributed by atoms with E-state index in [1.165, 1.54) is 0 Å². The summed E-state index contributed by atoms with van der Waals surface area (Å²) in [5.74, 6) is 0.653. The van der Waals surface area contributed by atoms with Gasteiger partial charge >= 0.3 is 0 Å². The molecule has 2 heterocycles. The Morgan fingerprint density at radius 2 is 2.05 bits per heavy atom. The van der Waals surface area contributed by atoms with E-state index >= 15 is 0 Å². The zero-order chi connectivity index (χ0) is 13.1. The molecule has 0 unspecified atom stereocenters. The predicted molar refractivity (Wildman–Crippen MR) is 70.9 cm³/mol. The van der Waals surface area contributed by atoms with Gasteiger partial charge in [-0.25, -0.2) is 0 Å². The third-order valence-electron chi connectivity index (χ3n) is 3.30. The summed E-state index contributed by atoms with van der Waals surface area (Å²) in [5, 5.41) is 10.1. The second kappa shape index (κ2) is 5.25. The fourth-order valence-corrected chi connectivity index (χ4v) is 2.28. The maximum atomic E-state index is 9.21. The topological polar surface area (TPSA) is 55.1 Å². The molecular formula is C15H14N2O2. The molecule has 4 nitrogen and oxygen atoms in total. The molecule has 1 aliphatic heterocycles. The van der Waals surface area contributed by atoms with Crippen molar-refractivity contribution >= 4 is 10.9 Å². The Hall–Kier alpha value is -2.12. The summed E-state index contributed by atoms with van der Waals surface area (Å²) in [6.07, 6.45) is 3.42. The number of benzene rings is 1. The smallest absolute Gasteiger partial charge is 0.148 e. The standard InChI is InChI=1S/C15H14N2O2/c16-9-11-10-17-14-4-2-1-3-13(14)15(11)19-12-5-7-18-8-6-12/h1-4,10,12H,5-8H2. The molecule has 0 N–H and O–H groups in total. The van der Waals surface area contributed by atoms with Crippen LogP contribution < -0.4 is 4.74 Å². The summed E-state index contributed by atoms with van der Waals surface area (Å²) >= 11 is 0. The zero-order valence-electron chi connectivity index (χ0n) is 10.5. The second-order valence-corrected chi connectivity index (χ2v) is 4.56. The molecule has 1 fully saturated rings. The number of rotatable bonds is 2. The molecule has 0 bridgehead atoms. The maximum absolute atomic E-state index is 9.21. The van der Waals surface area contributed by atoms with Crippen LogP contribution in [0.5, 0.6) is 5.75 Å². The lowest BCUT2D eigenvalue weighted by atomic mass is 10.1. The van der Waals surface area contributed by atoms with Crippen LogP contribution in [0, 0.1) is 11.3 Å². The highest BCUT2D eigenvalue weighted by Gasteiger charge is 2.18. The van der Waals surface area contributed by atoms with Crippen LogP contribution in [0.1, 0.15) is 18.4 Å². The van der Waals surface area contributed by atoms with Crippen LogP contribution >= 0.6 is 0 Å². The van der Waals surface area contributed by atoms with Crippen molar-refractivity contribution in [2.75, 3.05) is 13.2 Å². The van der Waals surface area contributed by atoms with Gasteiger partial charge in [-0.3, -0.25) is 4.98 Å². The first-order valence-electron chi connectivity index (χ1n) is 6.41. The first-order valence-corrected chi connectivity index (χ1v) is 6.41. The number of hydrogen-bond donors (Lipinski definition) is 0. The minimum Gasteiger partial charge on any atom is -0.488 e. The number of nitrogens with zero attached hydrogens (tertiary/aromatic N) is 2. The van der Waals surface area contributed by atoms with Gasteiger partial charge in [-0.2, -0.15) is 5.26 Å². The minimum atomic E-state index is 0.117. The van der Waals surface area contributed by atoms with E-state index in [4.69, 9.17) is 9.47 Å². The highest BCUT2D eigenvalue weighted by molar-refractivity contribution is 5.87. The number of aromatic nitrogens is 1. The van der Waals surface area contributed by atoms with Gasteiger partial charge in [0.05, 0.1) is 18.7 Å². The highest BCUT2D eigenvalue weighted by Crippen LogP contribution is 2.30. The molecule has 1 aromatic heterocycles. The maximum Gasteiger partial charge on any atom is 0.148 e. The summed E-state index contributed by atoms with van der Waals surface area (Å²) in [5.41, 5.74) is 1.34. The van der Waals surface area contributed by atoms with Gasteiger partial charge < -0.3 is 9.47 Å².